The van der Waals surface area contributed by atoms with E-state index in [4.69, 9.17) is 19.9 Å². The molecule has 9 rings (SSSR count). The summed E-state index contributed by atoms with van der Waals surface area (Å²) >= 11 is 0. The number of aromatic nitrogens is 6. The molecule has 0 N–H and O–H groups in total. The SMILES string of the molecule is N#Cc1ccc(-c2nc3ccccc3nc2-c2ccc(-c3cc(-c4ccc(-c5ccccn5)cc4)nc(-c4ccc(-c5ccccn5)cc4)n3)cc2)cc1. The van der Waals surface area contributed by atoms with Gasteiger partial charge in [-0.1, -0.05) is 109 Å². The maximum absolute atomic E-state index is 9.37. The number of fused-ring (bicyclic) bond motifs is 1. The lowest BCUT2D eigenvalue weighted by Gasteiger charge is -2.12. The summed E-state index contributed by atoms with van der Waals surface area (Å²) in [4.78, 5) is 29.3. The zero-order chi connectivity index (χ0) is 36.3. The molecule has 0 unspecified atom stereocenters. The van der Waals surface area contributed by atoms with Crippen molar-refractivity contribution in [3.8, 4) is 85.0 Å². The molecule has 4 heterocycles. The van der Waals surface area contributed by atoms with Gasteiger partial charge < -0.3 is 0 Å². The molecule has 5 aromatic carbocycles. The topological polar surface area (TPSA) is 101 Å². The summed E-state index contributed by atoms with van der Waals surface area (Å²) in [5.74, 6) is 0.622. The van der Waals surface area contributed by atoms with Gasteiger partial charge in [-0.25, -0.2) is 19.9 Å². The summed E-state index contributed by atoms with van der Waals surface area (Å²) in [6.45, 7) is 0. The molecule has 7 nitrogen and oxygen atoms in total. The molecule has 252 valence electrons. The predicted molar refractivity (Wildman–Crippen MR) is 213 cm³/mol. The standard InChI is InChI=1S/C47H29N7/c48-30-31-11-13-36(14-12-31)45-46(52-42-10-2-1-9-41(42)51-45)37-23-19-35(20-24-37)44-29-43(34-17-15-32(16-18-34)39-7-3-5-27-49-39)53-47(54-44)38-25-21-33(22-26-38)40-8-4-6-28-50-40/h1-29H. The highest BCUT2D eigenvalue weighted by atomic mass is 14.9. The van der Waals surface area contributed by atoms with Gasteiger partial charge in [0.2, 0.25) is 0 Å². The van der Waals surface area contributed by atoms with Crippen molar-refractivity contribution < 1.29 is 0 Å². The average molecular weight is 692 g/mol. The Kier molecular flexibility index (Phi) is 8.44. The van der Waals surface area contributed by atoms with Gasteiger partial charge in [-0.3, -0.25) is 9.97 Å². The normalized spacial score (nSPS) is 10.9. The molecule has 0 aliphatic heterocycles. The van der Waals surface area contributed by atoms with Crippen molar-refractivity contribution in [2.45, 2.75) is 0 Å². The summed E-state index contributed by atoms with van der Waals surface area (Å²) in [6.07, 6.45) is 3.60. The van der Waals surface area contributed by atoms with Crippen LogP contribution in [-0.2, 0) is 0 Å². The quantitative estimate of drug-likeness (QED) is 0.164. The first-order valence-corrected chi connectivity index (χ1v) is 17.5. The van der Waals surface area contributed by atoms with Crippen LogP contribution in [-0.4, -0.2) is 29.9 Å². The number of pyridine rings is 2. The van der Waals surface area contributed by atoms with Crippen LogP contribution in [0.5, 0.6) is 0 Å². The minimum absolute atomic E-state index is 0.593. The average Bonchev–Trinajstić information content (AvgIpc) is 3.26. The van der Waals surface area contributed by atoms with E-state index in [1.54, 1.807) is 12.4 Å². The monoisotopic (exact) mass is 691 g/mol. The van der Waals surface area contributed by atoms with E-state index in [0.29, 0.717) is 11.4 Å². The summed E-state index contributed by atoms with van der Waals surface area (Å²) in [5, 5.41) is 9.37. The van der Waals surface area contributed by atoms with Crippen molar-refractivity contribution in [1.82, 2.24) is 29.9 Å². The Labute approximate surface area is 312 Å². The highest BCUT2D eigenvalue weighted by Crippen LogP contribution is 2.34. The first-order chi connectivity index (χ1) is 26.7. The fraction of sp³-hybridized carbons (Fsp3) is 0. The van der Waals surface area contributed by atoms with Crippen molar-refractivity contribution in [2.24, 2.45) is 0 Å². The second-order valence-corrected chi connectivity index (χ2v) is 12.7. The number of para-hydroxylation sites is 2. The molecule has 0 saturated heterocycles. The fourth-order valence-corrected chi connectivity index (χ4v) is 6.45. The van der Waals surface area contributed by atoms with Crippen LogP contribution in [0.15, 0.2) is 176 Å². The number of nitriles is 1. The van der Waals surface area contributed by atoms with Gasteiger partial charge in [-0.15, -0.1) is 0 Å². The number of hydrogen-bond donors (Lipinski definition) is 0. The molecule has 0 aliphatic rings. The van der Waals surface area contributed by atoms with Gasteiger partial charge in [0.25, 0.3) is 0 Å². The number of hydrogen-bond acceptors (Lipinski definition) is 7. The minimum Gasteiger partial charge on any atom is -0.256 e. The fourth-order valence-electron chi connectivity index (χ4n) is 6.45. The van der Waals surface area contributed by atoms with Crippen LogP contribution in [0, 0.1) is 11.3 Å². The van der Waals surface area contributed by atoms with E-state index in [-0.39, 0.29) is 0 Å². The zero-order valence-electron chi connectivity index (χ0n) is 28.9. The van der Waals surface area contributed by atoms with Crippen LogP contribution in [0.3, 0.4) is 0 Å². The Morgan fingerprint density at radius 3 is 1.17 bits per heavy atom. The van der Waals surface area contributed by atoms with Crippen molar-refractivity contribution in [1.29, 1.82) is 5.26 Å². The number of nitrogens with zero attached hydrogens (tertiary/aromatic N) is 7. The highest BCUT2D eigenvalue weighted by molar-refractivity contribution is 5.87. The molecule has 0 amide bonds. The number of rotatable bonds is 7. The van der Waals surface area contributed by atoms with Crippen molar-refractivity contribution in [3.63, 3.8) is 0 Å². The minimum atomic E-state index is 0.593. The van der Waals surface area contributed by atoms with E-state index in [9.17, 15) is 5.26 Å². The van der Waals surface area contributed by atoms with Gasteiger partial charge in [-0.2, -0.15) is 5.26 Å². The molecular weight excluding hydrogens is 663 g/mol. The molecule has 4 aromatic heterocycles. The Hall–Kier alpha value is -7.69. The summed E-state index contributed by atoms with van der Waals surface area (Å²) in [7, 11) is 0. The Morgan fingerprint density at radius 2 is 0.741 bits per heavy atom. The van der Waals surface area contributed by atoms with E-state index in [1.165, 1.54) is 0 Å². The lowest BCUT2D eigenvalue weighted by atomic mass is 10.00. The summed E-state index contributed by atoms with van der Waals surface area (Å²) in [5.41, 5.74) is 13.8. The Balaban J connectivity index is 1.12. The number of benzene rings is 5. The summed E-state index contributed by atoms with van der Waals surface area (Å²) < 4.78 is 0. The van der Waals surface area contributed by atoms with E-state index >= 15 is 0 Å². The zero-order valence-corrected chi connectivity index (χ0v) is 28.9. The molecule has 0 saturated carbocycles. The lowest BCUT2D eigenvalue weighted by Crippen LogP contribution is -1.97. The van der Waals surface area contributed by atoms with Crippen molar-refractivity contribution in [2.75, 3.05) is 0 Å². The third kappa shape index (κ3) is 6.47. The van der Waals surface area contributed by atoms with Gasteiger partial charge in [0, 0.05) is 51.3 Å². The van der Waals surface area contributed by atoms with Crippen LogP contribution in [0.25, 0.3) is 90.0 Å². The van der Waals surface area contributed by atoms with E-state index in [1.807, 2.05) is 103 Å². The molecule has 9 aromatic rings. The first kappa shape index (κ1) is 32.2. The molecule has 0 bridgehead atoms. The van der Waals surface area contributed by atoms with Crippen LogP contribution in [0.2, 0.25) is 0 Å². The molecule has 0 radical (unpaired) electrons. The van der Waals surface area contributed by atoms with Crippen LogP contribution in [0.4, 0.5) is 0 Å². The van der Waals surface area contributed by atoms with Crippen LogP contribution < -0.4 is 0 Å². The van der Waals surface area contributed by atoms with E-state index < -0.39 is 0 Å². The van der Waals surface area contributed by atoms with Gasteiger partial charge in [0.1, 0.15) is 0 Å². The van der Waals surface area contributed by atoms with E-state index in [0.717, 1.165) is 84.1 Å². The van der Waals surface area contributed by atoms with Crippen molar-refractivity contribution >= 4 is 11.0 Å². The van der Waals surface area contributed by atoms with Gasteiger partial charge in [-0.05, 0) is 54.6 Å². The van der Waals surface area contributed by atoms with Crippen LogP contribution >= 0.6 is 0 Å². The second-order valence-electron chi connectivity index (χ2n) is 12.7. The summed E-state index contributed by atoms with van der Waals surface area (Å²) in [6, 6.07) is 56.1. The Morgan fingerprint density at radius 1 is 0.352 bits per heavy atom. The van der Waals surface area contributed by atoms with Gasteiger partial charge in [0.05, 0.1) is 56.8 Å². The molecule has 0 atom stereocenters. The highest BCUT2D eigenvalue weighted by Gasteiger charge is 2.16. The predicted octanol–water partition coefficient (Wildman–Crippen LogP) is 10.8. The largest absolute Gasteiger partial charge is 0.256 e. The van der Waals surface area contributed by atoms with Crippen molar-refractivity contribution in [3.05, 3.63) is 182 Å². The smallest absolute Gasteiger partial charge is 0.160 e. The molecule has 54 heavy (non-hydrogen) atoms. The first-order valence-electron chi connectivity index (χ1n) is 17.5. The van der Waals surface area contributed by atoms with E-state index in [2.05, 4.69) is 76.7 Å². The lowest BCUT2D eigenvalue weighted by molar-refractivity contribution is 1.18. The third-order valence-electron chi connectivity index (χ3n) is 9.28. The van der Waals surface area contributed by atoms with Gasteiger partial charge in [0.15, 0.2) is 5.82 Å². The molecule has 0 aliphatic carbocycles. The maximum atomic E-state index is 9.37. The molecular formula is C47H29N7. The second kappa shape index (κ2) is 14.1. The molecule has 7 heteroatoms. The Bertz CT molecular complexity index is 2680. The maximum Gasteiger partial charge on any atom is 0.160 e. The molecule has 0 spiro atoms. The third-order valence-corrected chi connectivity index (χ3v) is 9.28. The van der Waals surface area contributed by atoms with Crippen LogP contribution in [0.1, 0.15) is 5.56 Å². The molecule has 0 fully saturated rings. The van der Waals surface area contributed by atoms with Gasteiger partial charge >= 0.3 is 0 Å².